The highest BCUT2D eigenvalue weighted by Gasteiger charge is 2.15. The summed E-state index contributed by atoms with van der Waals surface area (Å²) in [5, 5.41) is 6.34. The molecule has 2 aromatic rings. The van der Waals surface area contributed by atoms with Crippen LogP contribution in [0.25, 0.3) is 0 Å². The average molecular weight is 356 g/mol. The van der Waals surface area contributed by atoms with Crippen molar-refractivity contribution >= 4 is 29.9 Å². The lowest BCUT2D eigenvalue weighted by atomic mass is 9.90. The fourth-order valence-electron chi connectivity index (χ4n) is 3.18. The SMILES string of the molecule is N[C@@H](CS)CNc1cccc(C(=O)Nc2cccc3c2CCCC3)c1. The van der Waals surface area contributed by atoms with Gasteiger partial charge >= 0.3 is 0 Å². The van der Waals surface area contributed by atoms with Gasteiger partial charge in [0.15, 0.2) is 0 Å². The van der Waals surface area contributed by atoms with E-state index in [2.05, 4.69) is 29.3 Å². The zero-order valence-electron chi connectivity index (χ0n) is 14.3. The molecule has 2 aromatic carbocycles. The number of aryl methyl sites for hydroxylation is 1. The van der Waals surface area contributed by atoms with E-state index in [1.54, 1.807) is 0 Å². The van der Waals surface area contributed by atoms with Gasteiger partial charge in [-0.2, -0.15) is 12.6 Å². The largest absolute Gasteiger partial charge is 0.383 e. The summed E-state index contributed by atoms with van der Waals surface area (Å²) >= 11 is 4.18. The standard InChI is InChI=1S/C20H25N3OS/c21-16(13-25)12-22-17-8-3-7-15(11-17)20(24)23-19-10-4-6-14-5-1-2-9-18(14)19/h3-4,6-8,10-11,16,22,25H,1-2,5,9,12-13,21H2,(H,23,24)/t16-/m1/s1. The van der Waals surface area contributed by atoms with Gasteiger partial charge < -0.3 is 16.4 Å². The zero-order valence-corrected chi connectivity index (χ0v) is 15.2. The molecule has 1 aliphatic carbocycles. The number of nitrogens with two attached hydrogens (primary N) is 1. The van der Waals surface area contributed by atoms with E-state index >= 15 is 0 Å². The smallest absolute Gasteiger partial charge is 0.255 e. The highest BCUT2D eigenvalue weighted by molar-refractivity contribution is 7.80. The fourth-order valence-corrected chi connectivity index (χ4v) is 3.31. The second-order valence-electron chi connectivity index (χ2n) is 6.51. The van der Waals surface area contributed by atoms with Crippen LogP contribution in [0, 0.1) is 0 Å². The second-order valence-corrected chi connectivity index (χ2v) is 6.87. The molecular formula is C20H25N3OS. The first-order valence-corrected chi connectivity index (χ1v) is 9.43. The molecule has 0 bridgehead atoms. The quantitative estimate of drug-likeness (QED) is 0.600. The molecule has 0 aromatic heterocycles. The first-order chi connectivity index (χ1) is 12.2. The molecule has 0 aliphatic heterocycles. The number of anilines is 2. The van der Waals surface area contributed by atoms with Crippen LogP contribution in [0.2, 0.25) is 0 Å². The highest BCUT2D eigenvalue weighted by atomic mass is 32.1. The van der Waals surface area contributed by atoms with Crippen molar-refractivity contribution in [2.45, 2.75) is 31.7 Å². The summed E-state index contributed by atoms with van der Waals surface area (Å²) in [5.74, 6) is 0.535. The van der Waals surface area contributed by atoms with E-state index in [-0.39, 0.29) is 11.9 Å². The normalized spacial score (nSPS) is 14.5. The van der Waals surface area contributed by atoms with Crippen LogP contribution in [0.1, 0.15) is 34.3 Å². The predicted molar refractivity (Wildman–Crippen MR) is 108 cm³/mol. The summed E-state index contributed by atoms with van der Waals surface area (Å²) in [7, 11) is 0. The van der Waals surface area contributed by atoms with E-state index < -0.39 is 0 Å². The second kappa shape index (κ2) is 8.41. The minimum absolute atomic E-state index is 0.0170. The number of rotatable bonds is 6. The third-order valence-corrected chi connectivity index (χ3v) is 5.04. The van der Waals surface area contributed by atoms with Gasteiger partial charge in [0.2, 0.25) is 0 Å². The molecule has 1 aliphatic rings. The topological polar surface area (TPSA) is 67.1 Å². The molecule has 0 spiro atoms. The number of benzene rings is 2. The van der Waals surface area contributed by atoms with Gasteiger partial charge in [-0.1, -0.05) is 18.2 Å². The molecule has 25 heavy (non-hydrogen) atoms. The van der Waals surface area contributed by atoms with Crippen molar-refractivity contribution < 1.29 is 4.79 Å². The molecule has 0 saturated carbocycles. The van der Waals surface area contributed by atoms with Crippen LogP contribution in [0.5, 0.6) is 0 Å². The number of nitrogens with one attached hydrogen (secondary N) is 2. The number of amides is 1. The van der Waals surface area contributed by atoms with Crippen molar-refractivity contribution in [1.29, 1.82) is 0 Å². The summed E-state index contributed by atoms with van der Waals surface area (Å²) in [5.41, 5.74) is 11.0. The van der Waals surface area contributed by atoms with Crippen LogP contribution in [0.3, 0.4) is 0 Å². The molecule has 1 amide bonds. The summed E-state index contributed by atoms with van der Waals surface area (Å²) in [6, 6.07) is 13.7. The maximum absolute atomic E-state index is 12.7. The van der Waals surface area contributed by atoms with Crippen molar-refractivity contribution in [2.24, 2.45) is 5.73 Å². The summed E-state index contributed by atoms with van der Waals surface area (Å²) in [6.07, 6.45) is 4.55. The Bertz CT molecular complexity index is 747. The summed E-state index contributed by atoms with van der Waals surface area (Å²) in [4.78, 5) is 12.7. The molecule has 0 radical (unpaired) electrons. The molecule has 5 heteroatoms. The number of hydrogen-bond donors (Lipinski definition) is 4. The van der Waals surface area contributed by atoms with E-state index in [4.69, 9.17) is 5.73 Å². The van der Waals surface area contributed by atoms with Crippen molar-refractivity contribution in [1.82, 2.24) is 0 Å². The Morgan fingerprint density at radius 1 is 1.16 bits per heavy atom. The van der Waals surface area contributed by atoms with Crippen LogP contribution < -0.4 is 16.4 Å². The number of carbonyl (C=O) groups is 1. The third-order valence-electron chi connectivity index (χ3n) is 4.57. The Balaban J connectivity index is 1.71. The predicted octanol–water partition coefficient (Wildman–Crippen LogP) is 3.49. The van der Waals surface area contributed by atoms with Crippen molar-refractivity contribution in [3.63, 3.8) is 0 Å². The van der Waals surface area contributed by atoms with Crippen LogP contribution in [0.4, 0.5) is 11.4 Å². The molecular weight excluding hydrogens is 330 g/mol. The molecule has 132 valence electrons. The Morgan fingerprint density at radius 3 is 2.80 bits per heavy atom. The van der Waals surface area contributed by atoms with Gasteiger partial charge in [-0.05, 0) is 61.1 Å². The van der Waals surface area contributed by atoms with Gasteiger partial charge in [-0.3, -0.25) is 4.79 Å². The van der Waals surface area contributed by atoms with E-state index in [1.807, 2.05) is 36.4 Å². The van der Waals surface area contributed by atoms with Gasteiger partial charge in [0.1, 0.15) is 0 Å². The van der Waals surface area contributed by atoms with Crippen molar-refractivity contribution in [3.8, 4) is 0 Å². The van der Waals surface area contributed by atoms with Gasteiger partial charge in [-0.25, -0.2) is 0 Å². The van der Waals surface area contributed by atoms with Gasteiger partial charge in [0, 0.05) is 35.3 Å². The van der Waals surface area contributed by atoms with Crippen molar-refractivity contribution in [3.05, 3.63) is 59.2 Å². The molecule has 0 heterocycles. The van der Waals surface area contributed by atoms with Crippen LogP contribution in [0.15, 0.2) is 42.5 Å². The summed E-state index contributed by atoms with van der Waals surface area (Å²) < 4.78 is 0. The van der Waals surface area contributed by atoms with E-state index in [0.29, 0.717) is 17.9 Å². The van der Waals surface area contributed by atoms with Crippen molar-refractivity contribution in [2.75, 3.05) is 22.9 Å². The Labute approximate surface area is 154 Å². The summed E-state index contributed by atoms with van der Waals surface area (Å²) in [6.45, 7) is 0.626. The lowest BCUT2D eigenvalue weighted by molar-refractivity contribution is 0.102. The van der Waals surface area contributed by atoms with Gasteiger partial charge in [0.05, 0.1) is 0 Å². The third kappa shape index (κ3) is 4.55. The monoisotopic (exact) mass is 355 g/mol. The number of fused-ring (bicyclic) bond motifs is 1. The lowest BCUT2D eigenvalue weighted by Crippen LogP contribution is -2.30. The molecule has 0 saturated heterocycles. The number of hydrogen-bond acceptors (Lipinski definition) is 4. The van der Waals surface area contributed by atoms with Gasteiger partial charge in [0.25, 0.3) is 5.91 Å². The molecule has 1 atom stereocenters. The van der Waals surface area contributed by atoms with Gasteiger partial charge in [-0.15, -0.1) is 0 Å². The van der Waals surface area contributed by atoms with Crippen LogP contribution in [-0.2, 0) is 12.8 Å². The molecule has 3 rings (SSSR count). The maximum atomic E-state index is 12.7. The fraction of sp³-hybridized carbons (Fsp3) is 0.350. The minimum atomic E-state index is -0.0823. The molecule has 4 nitrogen and oxygen atoms in total. The van der Waals surface area contributed by atoms with E-state index in [1.165, 1.54) is 24.0 Å². The lowest BCUT2D eigenvalue weighted by Gasteiger charge is -2.19. The maximum Gasteiger partial charge on any atom is 0.255 e. The Hall–Kier alpha value is -1.98. The molecule has 4 N–H and O–H groups in total. The number of carbonyl (C=O) groups excluding carboxylic acids is 1. The molecule has 0 fully saturated rings. The van der Waals surface area contributed by atoms with Crippen LogP contribution in [-0.4, -0.2) is 24.2 Å². The number of thiol groups is 1. The zero-order chi connectivity index (χ0) is 17.6. The van der Waals surface area contributed by atoms with E-state index in [0.717, 1.165) is 24.2 Å². The van der Waals surface area contributed by atoms with Crippen LogP contribution >= 0.6 is 12.6 Å². The average Bonchev–Trinajstić information content (AvgIpc) is 2.66. The highest BCUT2D eigenvalue weighted by Crippen LogP contribution is 2.28. The Morgan fingerprint density at radius 2 is 1.96 bits per heavy atom. The minimum Gasteiger partial charge on any atom is -0.383 e. The van der Waals surface area contributed by atoms with E-state index in [9.17, 15) is 4.79 Å². The Kier molecular flexibility index (Phi) is 6.00. The molecule has 0 unspecified atom stereocenters. The first kappa shape index (κ1) is 17.8. The first-order valence-electron chi connectivity index (χ1n) is 8.80.